The number of halogens is 1. The van der Waals surface area contributed by atoms with Crippen LogP contribution in [-0.4, -0.2) is 17.8 Å². The Bertz CT molecular complexity index is 438. The number of hydrogen-bond donors (Lipinski definition) is 0. The van der Waals surface area contributed by atoms with Gasteiger partial charge in [0.2, 0.25) is 0 Å². The first-order valence-corrected chi connectivity index (χ1v) is 5.72. The van der Waals surface area contributed by atoms with E-state index >= 15 is 0 Å². The molecule has 0 atom stereocenters. The van der Waals surface area contributed by atoms with Gasteiger partial charge in [-0.1, -0.05) is 12.2 Å². The van der Waals surface area contributed by atoms with E-state index in [0.29, 0.717) is 0 Å². The Balaban J connectivity index is 2.23. The summed E-state index contributed by atoms with van der Waals surface area (Å²) in [5, 5.41) is 0. The summed E-state index contributed by atoms with van der Waals surface area (Å²) in [5.74, 6) is 0. The molecule has 0 amide bonds. The fourth-order valence-electron chi connectivity index (χ4n) is 2.04. The topological polar surface area (TPSA) is 15.6 Å². The second-order valence-electron chi connectivity index (χ2n) is 3.49. The van der Waals surface area contributed by atoms with Crippen LogP contribution in [0.4, 0.5) is 0 Å². The summed E-state index contributed by atoms with van der Waals surface area (Å²) < 4.78 is 1.36. The van der Waals surface area contributed by atoms with E-state index in [4.69, 9.17) is 0 Å². The van der Waals surface area contributed by atoms with Crippen molar-refractivity contribution in [3.8, 4) is 0 Å². The van der Waals surface area contributed by atoms with Gasteiger partial charge in [0.25, 0.3) is 0 Å². The van der Waals surface area contributed by atoms with E-state index in [1.807, 2.05) is 12.5 Å². The molecule has 2 nitrogen and oxygen atoms in total. The van der Waals surface area contributed by atoms with Gasteiger partial charge in [0.1, 0.15) is 0 Å². The first-order chi connectivity index (χ1) is 6.86. The van der Waals surface area contributed by atoms with E-state index in [2.05, 4.69) is 50.7 Å². The Morgan fingerprint density at radius 3 is 3.29 bits per heavy atom. The van der Waals surface area contributed by atoms with Gasteiger partial charge in [0, 0.05) is 21.9 Å². The number of hydrogen-bond acceptors (Lipinski definition) is 2. The fraction of sp³-hybridized carbons (Fsp3) is 0.182. The van der Waals surface area contributed by atoms with E-state index in [9.17, 15) is 0 Å². The van der Waals surface area contributed by atoms with Crippen LogP contribution in [0.15, 0.2) is 49.8 Å². The molecule has 0 spiro atoms. The first-order valence-electron chi connectivity index (χ1n) is 4.64. The molecule has 0 aromatic heterocycles. The monoisotopic (exact) mass is 296 g/mol. The third kappa shape index (κ3) is 1.11. The first kappa shape index (κ1) is 8.47. The molecule has 3 rings (SSSR count). The molecule has 2 heterocycles. The molecule has 0 saturated carbocycles. The minimum absolute atomic E-state index is 1.07. The SMILES string of the molecule is IC1=CC=CC2=CN=CN3CCC1=C23. The number of aliphatic imine (C=N–C) groups is 1. The Labute approximate surface area is 96.5 Å². The lowest BCUT2D eigenvalue weighted by atomic mass is 10.1. The van der Waals surface area contributed by atoms with Crippen molar-refractivity contribution >= 4 is 28.9 Å². The Kier molecular flexibility index (Phi) is 1.87. The molecular formula is C11H9IN2. The van der Waals surface area contributed by atoms with Gasteiger partial charge in [-0.25, -0.2) is 4.99 Å². The van der Waals surface area contributed by atoms with Crippen LogP contribution in [0.25, 0.3) is 0 Å². The largest absolute Gasteiger partial charge is 0.331 e. The smallest absolute Gasteiger partial charge is 0.0950 e. The lowest BCUT2D eigenvalue weighted by molar-refractivity contribution is 0.581. The quantitative estimate of drug-likeness (QED) is 0.628. The van der Waals surface area contributed by atoms with Crippen LogP contribution >= 0.6 is 22.6 Å². The van der Waals surface area contributed by atoms with Gasteiger partial charge < -0.3 is 4.90 Å². The lowest BCUT2D eigenvalue weighted by Gasteiger charge is -2.20. The van der Waals surface area contributed by atoms with Crippen LogP contribution in [0.5, 0.6) is 0 Å². The van der Waals surface area contributed by atoms with E-state index < -0.39 is 0 Å². The summed E-state index contributed by atoms with van der Waals surface area (Å²) in [6.45, 7) is 1.07. The zero-order chi connectivity index (χ0) is 9.54. The zero-order valence-electron chi connectivity index (χ0n) is 7.57. The molecule has 2 aliphatic heterocycles. The summed E-state index contributed by atoms with van der Waals surface area (Å²) in [4.78, 5) is 6.48. The van der Waals surface area contributed by atoms with Crippen molar-refractivity contribution in [3.63, 3.8) is 0 Å². The molecule has 1 aliphatic carbocycles. The summed E-state index contributed by atoms with van der Waals surface area (Å²) in [6.07, 6.45) is 11.4. The Morgan fingerprint density at radius 2 is 2.36 bits per heavy atom. The highest BCUT2D eigenvalue weighted by Gasteiger charge is 2.26. The molecule has 0 N–H and O–H groups in total. The van der Waals surface area contributed by atoms with Crippen LogP contribution in [0.2, 0.25) is 0 Å². The Hall–Kier alpha value is -0.840. The maximum atomic E-state index is 4.23. The molecule has 14 heavy (non-hydrogen) atoms. The van der Waals surface area contributed by atoms with Gasteiger partial charge in [0.05, 0.1) is 12.0 Å². The number of allylic oxidation sites excluding steroid dienone is 4. The highest BCUT2D eigenvalue weighted by Crippen LogP contribution is 2.38. The predicted octanol–water partition coefficient (Wildman–Crippen LogP) is 2.76. The maximum absolute atomic E-state index is 4.23. The molecule has 0 bridgehead atoms. The average molecular weight is 296 g/mol. The minimum atomic E-state index is 1.07. The van der Waals surface area contributed by atoms with E-state index in [0.717, 1.165) is 13.0 Å². The summed E-state index contributed by atoms with van der Waals surface area (Å²) in [5.41, 5.74) is 4.06. The summed E-state index contributed by atoms with van der Waals surface area (Å²) in [7, 11) is 0. The van der Waals surface area contributed by atoms with Crippen molar-refractivity contribution in [2.24, 2.45) is 4.99 Å². The molecule has 0 unspecified atom stereocenters. The van der Waals surface area contributed by atoms with Crippen LogP contribution in [0.1, 0.15) is 6.42 Å². The molecular weight excluding hydrogens is 287 g/mol. The van der Waals surface area contributed by atoms with Gasteiger partial charge in [-0.15, -0.1) is 0 Å². The van der Waals surface area contributed by atoms with E-state index in [-0.39, 0.29) is 0 Å². The van der Waals surface area contributed by atoms with Gasteiger partial charge in [-0.2, -0.15) is 0 Å². The van der Waals surface area contributed by atoms with Gasteiger partial charge >= 0.3 is 0 Å². The van der Waals surface area contributed by atoms with Crippen LogP contribution in [-0.2, 0) is 0 Å². The van der Waals surface area contributed by atoms with Crippen LogP contribution in [0, 0.1) is 0 Å². The zero-order valence-corrected chi connectivity index (χ0v) is 9.73. The van der Waals surface area contributed by atoms with Crippen molar-refractivity contribution in [3.05, 3.63) is 44.9 Å². The van der Waals surface area contributed by atoms with E-state index in [1.54, 1.807) is 0 Å². The Morgan fingerprint density at radius 1 is 1.43 bits per heavy atom. The third-order valence-electron chi connectivity index (χ3n) is 2.68. The van der Waals surface area contributed by atoms with Crippen LogP contribution < -0.4 is 0 Å². The fourth-order valence-corrected chi connectivity index (χ4v) is 2.77. The maximum Gasteiger partial charge on any atom is 0.0950 e. The molecule has 0 aromatic carbocycles. The predicted molar refractivity (Wildman–Crippen MR) is 66.2 cm³/mol. The normalized spacial score (nSPS) is 23.4. The summed E-state index contributed by atoms with van der Waals surface area (Å²) in [6, 6.07) is 0. The highest BCUT2D eigenvalue weighted by molar-refractivity contribution is 14.1. The lowest BCUT2D eigenvalue weighted by Crippen LogP contribution is -2.20. The molecule has 3 heteroatoms. The van der Waals surface area contributed by atoms with Gasteiger partial charge in [0.15, 0.2) is 0 Å². The van der Waals surface area contributed by atoms with E-state index in [1.165, 1.54) is 20.4 Å². The second-order valence-corrected chi connectivity index (χ2v) is 4.66. The highest BCUT2D eigenvalue weighted by atomic mass is 127. The number of rotatable bonds is 0. The molecule has 0 aromatic rings. The van der Waals surface area contributed by atoms with Crippen molar-refractivity contribution in [1.82, 2.24) is 4.90 Å². The summed E-state index contributed by atoms with van der Waals surface area (Å²) >= 11 is 2.41. The minimum Gasteiger partial charge on any atom is -0.331 e. The second kappa shape index (κ2) is 3.08. The third-order valence-corrected chi connectivity index (χ3v) is 3.69. The average Bonchev–Trinajstić information content (AvgIpc) is 2.54. The van der Waals surface area contributed by atoms with Crippen molar-refractivity contribution in [1.29, 1.82) is 0 Å². The standard InChI is InChI=1S/C11H9IN2/c12-10-3-1-2-8-6-13-7-14-5-4-9(10)11(8)14/h1-3,6-7H,4-5H2. The van der Waals surface area contributed by atoms with Crippen molar-refractivity contribution < 1.29 is 0 Å². The molecule has 70 valence electrons. The van der Waals surface area contributed by atoms with Gasteiger partial charge in [-0.05, 0) is 40.7 Å². The number of nitrogens with zero attached hydrogens (tertiary/aromatic N) is 2. The molecule has 3 aliphatic rings. The van der Waals surface area contributed by atoms with Crippen molar-refractivity contribution in [2.45, 2.75) is 6.42 Å². The molecule has 0 fully saturated rings. The van der Waals surface area contributed by atoms with Gasteiger partial charge in [-0.3, -0.25) is 0 Å². The van der Waals surface area contributed by atoms with Crippen LogP contribution in [0.3, 0.4) is 0 Å². The van der Waals surface area contributed by atoms with Crippen molar-refractivity contribution in [2.75, 3.05) is 6.54 Å². The molecule has 0 radical (unpaired) electrons. The molecule has 0 saturated heterocycles.